The topological polar surface area (TPSA) is 54.9 Å². The summed E-state index contributed by atoms with van der Waals surface area (Å²) in [5, 5.41) is 0.704. The minimum absolute atomic E-state index is 0.0600. The number of hydrogen-bond acceptors (Lipinski definition) is 6. The van der Waals surface area contributed by atoms with Gasteiger partial charge in [0.25, 0.3) is 5.91 Å². The Kier molecular flexibility index (Phi) is 10.2. The number of aromatic nitrogens is 1. The lowest BCUT2D eigenvalue weighted by Gasteiger charge is -2.25. The molecule has 0 radical (unpaired) electrons. The van der Waals surface area contributed by atoms with Gasteiger partial charge in [-0.3, -0.25) is 9.69 Å². The Bertz CT molecular complexity index is 1050. The highest BCUT2D eigenvalue weighted by atomic mass is 32.1. The van der Waals surface area contributed by atoms with E-state index in [9.17, 15) is 4.79 Å². The molecule has 0 aliphatic carbocycles. The van der Waals surface area contributed by atoms with E-state index in [1.165, 1.54) is 11.3 Å². The van der Waals surface area contributed by atoms with E-state index < -0.39 is 0 Å². The second-order valence-electron chi connectivity index (χ2n) is 8.13. The Hall–Kier alpha value is -2.64. The van der Waals surface area contributed by atoms with Crippen molar-refractivity contribution in [1.29, 1.82) is 0 Å². The van der Waals surface area contributed by atoms with E-state index in [-0.39, 0.29) is 5.91 Å². The molecule has 0 saturated carbocycles. The van der Waals surface area contributed by atoms with Crippen molar-refractivity contribution in [1.82, 2.24) is 9.88 Å². The molecule has 3 aromatic rings. The Morgan fingerprint density at radius 3 is 2.47 bits per heavy atom. The van der Waals surface area contributed by atoms with Crippen LogP contribution in [-0.2, 0) is 0 Å². The summed E-state index contributed by atoms with van der Waals surface area (Å²) in [5.74, 6) is 1.49. The van der Waals surface area contributed by atoms with Crippen LogP contribution in [0.4, 0.5) is 5.13 Å². The third-order valence-corrected chi connectivity index (χ3v) is 6.81. The third-order valence-electron chi connectivity index (χ3n) is 5.77. The number of benzene rings is 2. The first-order valence-electron chi connectivity index (χ1n) is 12.4. The summed E-state index contributed by atoms with van der Waals surface area (Å²) in [7, 11) is 0. The van der Waals surface area contributed by atoms with Crippen LogP contribution in [0.15, 0.2) is 42.5 Å². The van der Waals surface area contributed by atoms with Gasteiger partial charge >= 0.3 is 0 Å². The number of thiazole rings is 1. The number of hydrogen-bond donors (Lipinski definition) is 0. The molecule has 0 atom stereocenters. The van der Waals surface area contributed by atoms with E-state index in [0.29, 0.717) is 30.5 Å². The van der Waals surface area contributed by atoms with Crippen molar-refractivity contribution < 1.29 is 14.3 Å². The lowest BCUT2D eigenvalue weighted by Crippen LogP contribution is -2.38. The van der Waals surface area contributed by atoms with Crippen LogP contribution in [0.3, 0.4) is 0 Å². The fourth-order valence-electron chi connectivity index (χ4n) is 3.75. The number of carbonyl (C=O) groups excluding carboxylic acids is 1. The van der Waals surface area contributed by atoms with Gasteiger partial charge in [-0.2, -0.15) is 0 Å². The highest BCUT2D eigenvalue weighted by Gasteiger charge is 2.22. The normalized spacial score (nSPS) is 11.2. The van der Waals surface area contributed by atoms with Gasteiger partial charge in [0.1, 0.15) is 11.5 Å². The van der Waals surface area contributed by atoms with Crippen molar-refractivity contribution >= 4 is 32.6 Å². The number of carbonyl (C=O) groups is 1. The van der Waals surface area contributed by atoms with Crippen LogP contribution in [-0.4, -0.2) is 55.2 Å². The van der Waals surface area contributed by atoms with Crippen LogP contribution in [0.25, 0.3) is 10.2 Å². The van der Waals surface area contributed by atoms with Gasteiger partial charge in [-0.15, -0.1) is 0 Å². The number of ether oxygens (including phenoxy) is 2. The number of likely N-dealkylation sites (N-methyl/N-ethyl adjacent to an activating group) is 1. The number of nitrogens with zero attached hydrogens (tertiary/aromatic N) is 3. The second kappa shape index (κ2) is 13.3. The molecule has 0 unspecified atom stereocenters. The molecule has 3 rings (SSSR count). The minimum atomic E-state index is -0.0600. The summed E-state index contributed by atoms with van der Waals surface area (Å²) >= 11 is 1.52. The van der Waals surface area contributed by atoms with Crippen LogP contribution < -0.4 is 14.4 Å². The summed E-state index contributed by atoms with van der Waals surface area (Å²) in [6.45, 7) is 12.9. The monoisotopic (exact) mass is 483 g/mol. The molecule has 1 amide bonds. The zero-order chi connectivity index (χ0) is 24.3. The van der Waals surface area contributed by atoms with Crippen LogP contribution in [0, 0.1) is 0 Å². The molecule has 0 spiro atoms. The number of amides is 1. The van der Waals surface area contributed by atoms with E-state index in [0.717, 1.165) is 60.6 Å². The van der Waals surface area contributed by atoms with Crippen molar-refractivity contribution in [3.63, 3.8) is 0 Å². The molecule has 2 aromatic carbocycles. The predicted molar refractivity (Wildman–Crippen MR) is 142 cm³/mol. The number of rotatable bonds is 14. The Labute approximate surface area is 207 Å². The Morgan fingerprint density at radius 2 is 1.74 bits per heavy atom. The van der Waals surface area contributed by atoms with E-state index >= 15 is 0 Å². The first kappa shape index (κ1) is 26.0. The average Bonchev–Trinajstić information content (AvgIpc) is 3.28. The van der Waals surface area contributed by atoms with Gasteiger partial charge in [0.15, 0.2) is 5.13 Å². The third kappa shape index (κ3) is 6.93. The summed E-state index contributed by atoms with van der Waals surface area (Å²) in [5.41, 5.74) is 1.49. The van der Waals surface area contributed by atoms with E-state index in [1.807, 2.05) is 49.4 Å². The fraction of sp³-hybridized carbons (Fsp3) is 0.481. The van der Waals surface area contributed by atoms with Crippen molar-refractivity contribution in [2.24, 2.45) is 0 Å². The highest BCUT2D eigenvalue weighted by molar-refractivity contribution is 7.22. The molecule has 0 saturated heterocycles. The molecule has 0 bridgehead atoms. The minimum Gasteiger partial charge on any atom is -0.494 e. The van der Waals surface area contributed by atoms with Gasteiger partial charge in [-0.05, 0) is 62.8 Å². The molecule has 1 aromatic heterocycles. The SMILES string of the molecule is CCCCCOc1cccc(C(=O)N(CCN(CC)CC)c2nc3ccc(OCC)cc3s2)c1. The Balaban J connectivity index is 1.87. The first-order valence-corrected chi connectivity index (χ1v) is 13.2. The zero-order valence-electron chi connectivity index (χ0n) is 20.9. The van der Waals surface area contributed by atoms with Gasteiger partial charge < -0.3 is 14.4 Å². The van der Waals surface area contributed by atoms with Crippen LogP contribution in [0.2, 0.25) is 0 Å². The maximum atomic E-state index is 13.7. The quantitative estimate of drug-likeness (QED) is 0.254. The largest absolute Gasteiger partial charge is 0.494 e. The number of anilines is 1. The van der Waals surface area contributed by atoms with Crippen molar-refractivity contribution in [2.75, 3.05) is 44.3 Å². The molecule has 7 heteroatoms. The second-order valence-corrected chi connectivity index (χ2v) is 9.14. The molecular formula is C27H37N3O3S. The van der Waals surface area contributed by atoms with E-state index in [1.54, 1.807) is 4.90 Å². The molecule has 0 N–H and O–H groups in total. The molecular weight excluding hydrogens is 446 g/mol. The van der Waals surface area contributed by atoms with Crippen LogP contribution in [0.1, 0.15) is 57.3 Å². The highest BCUT2D eigenvalue weighted by Crippen LogP contribution is 2.32. The molecule has 0 aliphatic heterocycles. The molecule has 1 heterocycles. The summed E-state index contributed by atoms with van der Waals surface area (Å²) in [4.78, 5) is 22.6. The van der Waals surface area contributed by atoms with Gasteiger partial charge in [0.2, 0.25) is 0 Å². The van der Waals surface area contributed by atoms with Crippen LogP contribution >= 0.6 is 11.3 Å². The molecule has 6 nitrogen and oxygen atoms in total. The Morgan fingerprint density at radius 1 is 0.941 bits per heavy atom. The van der Waals surface area contributed by atoms with E-state index in [2.05, 4.69) is 25.7 Å². The van der Waals surface area contributed by atoms with Gasteiger partial charge in [-0.25, -0.2) is 4.98 Å². The molecule has 0 fully saturated rings. The number of fused-ring (bicyclic) bond motifs is 1. The fourth-order valence-corrected chi connectivity index (χ4v) is 4.77. The van der Waals surface area contributed by atoms with Crippen LogP contribution in [0.5, 0.6) is 11.5 Å². The predicted octanol–water partition coefficient (Wildman–Crippen LogP) is 6.25. The average molecular weight is 484 g/mol. The van der Waals surface area contributed by atoms with Crippen molar-refractivity contribution in [3.05, 3.63) is 48.0 Å². The zero-order valence-corrected chi connectivity index (χ0v) is 21.7. The summed E-state index contributed by atoms with van der Waals surface area (Å²) in [6, 6.07) is 13.4. The van der Waals surface area contributed by atoms with Crippen molar-refractivity contribution in [3.8, 4) is 11.5 Å². The molecule has 34 heavy (non-hydrogen) atoms. The first-order chi connectivity index (χ1) is 16.6. The van der Waals surface area contributed by atoms with E-state index in [4.69, 9.17) is 14.5 Å². The van der Waals surface area contributed by atoms with Gasteiger partial charge in [0, 0.05) is 18.7 Å². The summed E-state index contributed by atoms with van der Waals surface area (Å²) < 4.78 is 12.6. The summed E-state index contributed by atoms with van der Waals surface area (Å²) in [6.07, 6.45) is 3.30. The lowest BCUT2D eigenvalue weighted by molar-refractivity contribution is 0.0983. The van der Waals surface area contributed by atoms with Crippen molar-refractivity contribution in [2.45, 2.75) is 47.0 Å². The molecule has 0 aliphatic rings. The van der Waals surface area contributed by atoms with Gasteiger partial charge in [0.05, 0.1) is 23.4 Å². The maximum absolute atomic E-state index is 13.7. The van der Waals surface area contributed by atoms with Gasteiger partial charge in [-0.1, -0.05) is 51.0 Å². The smallest absolute Gasteiger partial charge is 0.260 e. The standard InChI is InChI=1S/C27H37N3O3S/c1-5-9-10-18-33-22-13-11-12-21(19-22)26(31)30(17-16-29(6-2)7-3)27-28-24-15-14-23(32-8-4)20-25(24)34-27/h11-15,19-20H,5-10,16-18H2,1-4H3. The number of unbranched alkanes of at least 4 members (excludes halogenated alkanes) is 2. The lowest BCUT2D eigenvalue weighted by atomic mass is 10.2. The maximum Gasteiger partial charge on any atom is 0.260 e. The molecule has 184 valence electrons.